The van der Waals surface area contributed by atoms with E-state index in [-0.39, 0.29) is 40.6 Å². The van der Waals surface area contributed by atoms with E-state index in [9.17, 15) is 14.5 Å². The van der Waals surface area contributed by atoms with E-state index in [2.05, 4.69) is 0 Å². The van der Waals surface area contributed by atoms with Crippen molar-refractivity contribution in [2.45, 2.75) is 15.9 Å². The van der Waals surface area contributed by atoms with E-state index in [1.165, 1.54) is 18.2 Å². The van der Waals surface area contributed by atoms with Crippen LogP contribution in [0.4, 0.5) is 4.79 Å². The maximum atomic E-state index is 13.4. The van der Waals surface area contributed by atoms with Crippen molar-refractivity contribution in [1.82, 2.24) is 5.32 Å². The number of carbonyl (C=O) groups is 1. The number of amides is 1. The number of carbonyl (C=O) groups excluding carboxylic acids is 1. The van der Waals surface area contributed by atoms with Gasteiger partial charge >= 0.3 is 13.7 Å². The minimum Gasteiger partial charge on any atom is -0.428 e. The monoisotopic (exact) mass is 569 g/mol. The first kappa shape index (κ1) is 27.7. The maximum absolute atomic E-state index is 13.4. The summed E-state index contributed by atoms with van der Waals surface area (Å²) in [5.41, 5.74) is 0.0436. The molecule has 2 atom stereocenters. The third-order valence-electron chi connectivity index (χ3n) is 3.00. The molecule has 1 aromatic rings. The highest BCUT2D eigenvalue weighted by molar-refractivity contribution is 7.54. The summed E-state index contributed by atoms with van der Waals surface area (Å²) in [6.45, 7) is -0.408. The van der Waals surface area contributed by atoms with Crippen LogP contribution in [0.5, 0.6) is 0 Å². The number of benzene rings is 1. The summed E-state index contributed by atoms with van der Waals surface area (Å²) < 4.78 is 26.8. The highest BCUT2D eigenvalue weighted by Gasteiger charge is 2.43. The van der Waals surface area contributed by atoms with Crippen LogP contribution >= 0.6 is 88.8 Å². The fourth-order valence-corrected chi connectivity index (χ4v) is 4.77. The fourth-order valence-electron chi connectivity index (χ4n) is 1.83. The molecule has 29 heavy (non-hydrogen) atoms. The Labute approximate surface area is 202 Å². The van der Waals surface area contributed by atoms with Crippen LogP contribution in [-0.2, 0) is 18.3 Å². The molecule has 1 aromatic carbocycles. The molecule has 0 saturated heterocycles. The van der Waals surface area contributed by atoms with Crippen LogP contribution in [0.1, 0.15) is 11.4 Å². The van der Waals surface area contributed by atoms with Crippen molar-refractivity contribution in [3.8, 4) is 0 Å². The second kappa shape index (κ2) is 12.6. The molecule has 1 rings (SSSR count). The molecule has 166 valence electrons. The molecule has 7 nitrogen and oxygen atoms in total. The molecule has 0 radical (unpaired) electrons. The van der Waals surface area contributed by atoms with Crippen LogP contribution in [0.3, 0.4) is 0 Å². The van der Waals surface area contributed by atoms with Gasteiger partial charge in [-0.2, -0.15) is 0 Å². The van der Waals surface area contributed by atoms with Crippen LogP contribution in [0.2, 0.25) is 10.0 Å². The molecule has 0 aliphatic rings. The van der Waals surface area contributed by atoms with Crippen LogP contribution in [0, 0.1) is 0 Å². The lowest BCUT2D eigenvalue weighted by Gasteiger charge is -2.28. The molecule has 0 unspecified atom stereocenters. The van der Waals surface area contributed by atoms with Gasteiger partial charge in [-0.25, -0.2) is 4.79 Å². The molecule has 0 saturated carbocycles. The predicted octanol–water partition coefficient (Wildman–Crippen LogP) is 6.11. The van der Waals surface area contributed by atoms with Gasteiger partial charge in [0.15, 0.2) is 6.23 Å². The van der Waals surface area contributed by atoms with Crippen molar-refractivity contribution in [2.24, 2.45) is 0 Å². The van der Waals surface area contributed by atoms with Gasteiger partial charge in [0.05, 0.1) is 13.2 Å². The number of aliphatic hydroxyl groups is 1. The Bertz CT molecular complexity index is 723. The van der Waals surface area contributed by atoms with Gasteiger partial charge in [0, 0.05) is 27.4 Å². The molecule has 0 spiro atoms. The normalized spacial score (nSPS) is 14.3. The first-order valence-corrected chi connectivity index (χ1v) is 12.2. The minimum absolute atomic E-state index is 0.00129. The summed E-state index contributed by atoms with van der Waals surface area (Å²) in [6.07, 6.45) is -3.24. The van der Waals surface area contributed by atoms with Gasteiger partial charge in [-0.1, -0.05) is 64.1 Å². The molecule has 0 heterocycles. The lowest BCUT2D eigenvalue weighted by molar-refractivity contribution is 0.0770. The molecule has 0 aliphatic carbocycles. The zero-order valence-corrected chi connectivity index (χ0v) is 20.5. The number of rotatable bonds is 10. The maximum Gasteiger partial charge on any atom is 0.410 e. The molecule has 0 aromatic heterocycles. The second-order valence-corrected chi connectivity index (χ2v) is 11.1. The van der Waals surface area contributed by atoms with Crippen molar-refractivity contribution in [2.75, 3.05) is 25.0 Å². The largest absolute Gasteiger partial charge is 0.428 e. The average Bonchev–Trinajstić information content (AvgIpc) is 2.62. The summed E-state index contributed by atoms with van der Waals surface area (Å²) in [5, 5.41) is 11.9. The Morgan fingerprint density at radius 1 is 1.14 bits per heavy atom. The van der Waals surface area contributed by atoms with E-state index in [4.69, 9.17) is 95.0 Å². The quantitative estimate of drug-likeness (QED) is 0.200. The molecular weight excluding hydrogens is 557 g/mol. The number of hydrogen-bond donors (Lipinski definition) is 2. The first-order chi connectivity index (χ1) is 13.4. The highest BCUT2D eigenvalue weighted by atomic mass is 35.6. The van der Waals surface area contributed by atoms with Gasteiger partial charge < -0.3 is 18.9 Å². The Kier molecular flexibility index (Phi) is 12.0. The molecule has 15 heteroatoms. The Hall–Kier alpha value is 0.630. The summed E-state index contributed by atoms with van der Waals surface area (Å²) in [5.74, 6) is -1.75. The van der Waals surface area contributed by atoms with Gasteiger partial charge in [0.1, 0.15) is 0 Å². The fraction of sp³-hybridized carbons (Fsp3) is 0.500. The van der Waals surface area contributed by atoms with Gasteiger partial charge in [-0.3, -0.25) is 9.88 Å². The number of aliphatic hydroxyl groups excluding tert-OH is 1. The van der Waals surface area contributed by atoms with Gasteiger partial charge in [0.25, 0.3) is 0 Å². The number of halogens is 7. The van der Waals surface area contributed by atoms with Crippen LogP contribution in [0.25, 0.3) is 0 Å². The zero-order valence-electron chi connectivity index (χ0n) is 14.3. The second-order valence-electron chi connectivity index (χ2n) is 5.10. The zero-order chi connectivity index (χ0) is 22.2. The number of nitrogens with one attached hydrogen (secondary N) is 1. The van der Waals surface area contributed by atoms with E-state index < -0.39 is 29.6 Å². The Morgan fingerprint density at radius 2 is 1.69 bits per heavy atom. The van der Waals surface area contributed by atoms with Crippen LogP contribution < -0.4 is 5.32 Å². The molecule has 0 fully saturated rings. The Morgan fingerprint density at radius 3 is 2.14 bits per heavy atom. The van der Waals surface area contributed by atoms with Crippen molar-refractivity contribution >= 4 is 94.9 Å². The summed E-state index contributed by atoms with van der Waals surface area (Å²) in [7, 11) is -4.22. The first-order valence-electron chi connectivity index (χ1n) is 7.62. The van der Waals surface area contributed by atoms with Crippen molar-refractivity contribution in [1.29, 1.82) is 0 Å². The summed E-state index contributed by atoms with van der Waals surface area (Å²) in [4.78, 5) is 12.2. The average molecular weight is 572 g/mol. The predicted molar refractivity (Wildman–Crippen MR) is 116 cm³/mol. The van der Waals surface area contributed by atoms with Crippen molar-refractivity contribution < 1.29 is 28.3 Å². The lowest BCUT2D eigenvalue weighted by Crippen LogP contribution is -2.44. The number of hydrogen-bond acceptors (Lipinski definition) is 6. The molecule has 0 aliphatic heterocycles. The number of alkyl carbamates (subject to hydrolysis) is 1. The van der Waals surface area contributed by atoms with E-state index in [0.717, 1.165) is 0 Å². The topological polar surface area (TPSA) is 94.1 Å². The molecular formula is C14H15Cl7NO6P. The third kappa shape index (κ3) is 8.95. The lowest BCUT2D eigenvalue weighted by atomic mass is 10.2. The van der Waals surface area contributed by atoms with Gasteiger partial charge in [-0.15, -0.1) is 23.2 Å². The SMILES string of the molecule is O=C(N[C@H](O)C(Cl)(Cl)Cl)O[C@H](c1ccc(Cl)cc1Cl)P(=O)(OCCCl)OCCCl. The summed E-state index contributed by atoms with van der Waals surface area (Å²) >= 11 is 39.7. The van der Waals surface area contributed by atoms with E-state index in [1.807, 2.05) is 5.32 Å². The van der Waals surface area contributed by atoms with Crippen molar-refractivity contribution in [3.05, 3.63) is 33.8 Å². The smallest absolute Gasteiger partial charge is 0.410 e. The number of ether oxygens (including phenoxy) is 1. The van der Waals surface area contributed by atoms with E-state index in [1.54, 1.807) is 0 Å². The van der Waals surface area contributed by atoms with E-state index >= 15 is 0 Å². The van der Waals surface area contributed by atoms with Gasteiger partial charge in [0.2, 0.25) is 9.64 Å². The third-order valence-corrected chi connectivity index (χ3v) is 6.53. The number of alkyl halides is 5. The highest BCUT2D eigenvalue weighted by Crippen LogP contribution is 2.62. The molecule has 2 N–H and O–H groups in total. The molecule has 0 bridgehead atoms. The van der Waals surface area contributed by atoms with Crippen LogP contribution in [0.15, 0.2) is 18.2 Å². The summed E-state index contributed by atoms with van der Waals surface area (Å²) in [6, 6.07) is 4.10. The van der Waals surface area contributed by atoms with E-state index in [0.29, 0.717) is 0 Å². The van der Waals surface area contributed by atoms with Gasteiger partial charge in [-0.05, 0) is 12.1 Å². The molecule has 1 amide bonds. The van der Waals surface area contributed by atoms with Crippen LogP contribution in [-0.4, -0.2) is 46.2 Å². The minimum atomic E-state index is -4.22. The van der Waals surface area contributed by atoms with Crippen molar-refractivity contribution in [3.63, 3.8) is 0 Å². The Balaban J connectivity index is 3.29. The standard InChI is InChI=1S/C14H15Cl7NO6P/c15-3-5-26-29(25,27-6-4-16)11(9-2-1-8(17)7-10(9)18)28-13(24)22-12(23)14(19,20)21/h1-2,7,11-12,23H,3-6H2,(H,22,24)/t11-,12+/m0/s1.